The number of para-hydroxylation sites is 1. The number of alkyl halides is 2. The summed E-state index contributed by atoms with van der Waals surface area (Å²) in [6, 6.07) is 3.61. The molecule has 1 rings (SSSR count). The average molecular weight is 202 g/mol. The molecular formula is C9H8F2O3. The van der Waals surface area contributed by atoms with Crippen molar-refractivity contribution in [1.82, 2.24) is 0 Å². The van der Waals surface area contributed by atoms with Gasteiger partial charge in [0.25, 0.3) is 6.43 Å². The molecule has 0 aliphatic heterocycles. The van der Waals surface area contributed by atoms with Crippen molar-refractivity contribution in [3.05, 3.63) is 29.3 Å². The Morgan fingerprint density at radius 2 is 2.14 bits per heavy atom. The van der Waals surface area contributed by atoms with Crippen LogP contribution in [0.4, 0.5) is 8.78 Å². The van der Waals surface area contributed by atoms with E-state index in [1.54, 1.807) is 0 Å². The third-order valence-electron chi connectivity index (χ3n) is 1.72. The Morgan fingerprint density at radius 3 is 2.57 bits per heavy atom. The van der Waals surface area contributed by atoms with Crippen LogP contribution in [0, 0.1) is 0 Å². The summed E-state index contributed by atoms with van der Waals surface area (Å²) in [5.74, 6) is -1.57. The first-order valence-corrected chi connectivity index (χ1v) is 3.76. The Morgan fingerprint density at radius 1 is 1.50 bits per heavy atom. The van der Waals surface area contributed by atoms with Crippen LogP contribution in [0.25, 0.3) is 0 Å². The highest BCUT2D eigenvalue weighted by Crippen LogP contribution is 2.31. The van der Waals surface area contributed by atoms with Crippen molar-refractivity contribution in [2.24, 2.45) is 0 Å². The number of carboxylic acid groups (broad SMARTS) is 1. The van der Waals surface area contributed by atoms with E-state index in [4.69, 9.17) is 5.11 Å². The summed E-state index contributed by atoms with van der Waals surface area (Å²) in [6.45, 7) is 0. The van der Waals surface area contributed by atoms with E-state index in [1.165, 1.54) is 12.1 Å². The van der Waals surface area contributed by atoms with E-state index in [0.717, 1.165) is 13.2 Å². The highest BCUT2D eigenvalue weighted by atomic mass is 19.3. The lowest BCUT2D eigenvalue weighted by molar-refractivity contribution is 0.0692. The number of carbonyl (C=O) groups is 1. The van der Waals surface area contributed by atoms with Crippen molar-refractivity contribution in [2.75, 3.05) is 7.11 Å². The van der Waals surface area contributed by atoms with Crippen molar-refractivity contribution in [3.63, 3.8) is 0 Å². The minimum atomic E-state index is -2.75. The first-order valence-electron chi connectivity index (χ1n) is 3.76. The molecule has 0 heterocycles. The first kappa shape index (κ1) is 10.4. The van der Waals surface area contributed by atoms with Crippen molar-refractivity contribution in [3.8, 4) is 5.75 Å². The van der Waals surface area contributed by atoms with Crippen LogP contribution in [0.1, 0.15) is 22.3 Å². The molecule has 0 aliphatic carbocycles. The largest absolute Gasteiger partial charge is 0.495 e. The fourth-order valence-electron chi connectivity index (χ4n) is 1.12. The molecule has 0 radical (unpaired) electrons. The smallest absolute Gasteiger partial charge is 0.339 e. The van der Waals surface area contributed by atoms with Crippen LogP contribution in [0.5, 0.6) is 5.75 Å². The zero-order chi connectivity index (χ0) is 10.7. The number of methoxy groups -OCH3 is 1. The Balaban J connectivity index is 3.32. The van der Waals surface area contributed by atoms with E-state index in [1.807, 2.05) is 0 Å². The van der Waals surface area contributed by atoms with Crippen molar-refractivity contribution < 1.29 is 23.4 Å². The second-order valence-electron chi connectivity index (χ2n) is 2.53. The van der Waals surface area contributed by atoms with Crippen LogP contribution in [0.15, 0.2) is 18.2 Å². The summed E-state index contributed by atoms with van der Waals surface area (Å²) < 4.78 is 29.4. The molecule has 0 aromatic heterocycles. The van der Waals surface area contributed by atoms with Gasteiger partial charge in [-0.05, 0) is 12.1 Å². The molecule has 3 nitrogen and oxygen atoms in total. The average Bonchev–Trinajstić information content (AvgIpc) is 2.16. The van der Waals surface area contributed by atoms with Gasteiger partial charge in [0.05, 0.1) is 12.7 Å². The molecule has 0 aliphatic rings. The van der Waals surface area contributed by atoms with E-state index in [-0.39, 0.29) is 11.3 Å². The molecule has 1 aromatic carbocycles. The summed E-state index contributed by atoms with van der Waals surface area (Å²) >= 11 is 0. The lowest BCUT2D eigenvalue weighted by Gasteiger charge is -2.09. The highest BCUT2D eigenvalue weighted by Gasteiger charge is 2.19. The first-order chi connectivity index (χ1) is 6.57. The number of ether oxygens (including phenoxy) is 1. The molecule has 0 bridgehead atoms. The molecule has 5 heteroatoms. The maximum atomic E-state index is 12.4. The molecule has 0 amide bonds. The van der Waals surface area contributed by atoms with Crippen molar-refractivity contribution >= 4 is 5.97 Å². The molecular weight excluding hydrogens is 194 g/mol. The lowest BCUT2D eigenvalue weighted by Crippen LogP contribution is -2.03. The second-order valence-corrected chi connectivity index (χ2v) is 2.53. The Bertz CT molecular complexity index is 350. The summed E-state index contributed by atoms with van der Waals surface area (Å²) in [4.78, 5) is 10.6. The normalized spacial score (nSPS) is 10.3. The number of benzene rings is 1. The Kier molecular flexibility index (Phi) is 3.01. The second kappa shape index (κ2) is 4.04. The number of aromatic carboxylic acids is 1. The summed E-state index contributed by atoms with van der Waals surface area (Å²) in [5.41, 5.74) is -0.669. The molecule has 1 N–H and O–H groups in total. The molecule has 0 spiro atoms. The van der Waals surface area contributed by atoms with Gasteiger partial charge in [-0.25, -0.2) is 13.6 Å². The van der Waals surface area contributed by atoms with Gasteiger partial charge in [-0.2, -0.15) is 0 Å². The third-order valence-corrected chi connectivity index (χ3v) is 1.72. The van der Waals surface area contributed by atoms with Gasteiger partial charge >= 0.3 is 5.97 Å². The van der Waals surface area contributed by atoms with Gasteiger partial charge in [-0.3, -0.25) is 0 Å². The number of rotatable bonds is 3. The number of carboxylic acids is 1. The summed E-state index contributed by atoms with van der Waals surface area (Å²) in [6.07, 6.45) is -2.75. The third kappa shape index (κ3) is 1.81. The fourth-order valence-corrected chi connectivity index (χ4v) is 1.12. The van der Waals surface area contributed by atoms with Gasteiger partial charge in [-0.1, -0.05) is 6.07 Å². The molecule has 76 valence electrons. The van der Waals surface area contributed by atoms with E-state index in [2.05, 4.69) is 4.74 Å². The molecule has 0 fully saturated rings. The minimum absolute atomic E-state index is 0.259. The van der Waals surface area contributed by atoms with Crippen LogP contribution >= 0.6 is 0 Å². The molecule has 0 saturated heterocycles. The van der Waals surface area contributed by atoms with Crippen molar-refractivity contribution in [1.29, 1.82) is 0 Å². The molecule has 0 unspecified atom stereocenters. The van der Waals surface area contributed by atoms with Crippen LogP contribution in [-0.2, 0) is 0 Å². The summed E-state index contributed by atoms with van der Waals surface area (Å²) in [5, 5.41) is 8.68. The zero-order valence-electron chi connectivity index (χ0n) is 7.33. The van der Waals surface area contributed by atoms with Crippen LogP contribution in [-0.4, -0.2) is 18.2 Å². The van der Waals surface area contributed by atoms with Gasteiger partial charge in [-0.15, -0.1) is 0 Å². The van der Waals surface area contributed by atoms with Crippen LogP contribution < -0.4 is 4.74 Å². The Hall–Kier alpha value is -1.65. The predicted molar refractivity (Wildman–Crippen MR) is 44.9 cm³/mol. The number of hydrogen-bond donors (Lipinski definition) is 1. The molecule has 14 heavy (non-hydrogen) atoms. The SMILES string of the molecule is COc1c(C(=O)O)cccc1C(F)F. The monoisotopic (exact) mass is 202 g/mol. The van der Waals surface area contributed by atoms with Gasteiger partial charge in [0.15, 0.2) is 0 Å². The van der Waals surface area contributed by atoms with Crippen LogP contribution in [0.3, 0.4) is 0 Å². The standard InChI is InChI=1S/C9H8F2O3/c1-14-7-5(8(10)11)3-2-4-6(7)9(12)13/h2-4,8H,1H3,(H,12,13). The van der Waals surface area contributed by atoms with Gasteiger partial charge < -0.3 is 9.84 Å². The fraction of sp³-hybridized carbons (Fsp3) is 0.222. The van der Waals surface area contributed by atoms with Gasteiger partial charge in [0, 0.05) is 0 Å². The molecule has 0 atom stereocenters. The topological polar surface area (TPSA) is 46.5 Å². The lowest BCUT2D eigenvalue weighted by atomic mass is 10.1. The van der Waals surface area contributed by atoms with Crippen molar-refractivity contribution in [2.45, 2.75) is 6.43 Å². The van der Waals surface area contributed by atoms with E-state index in [0.29, 0.717) is 0 Å². The zero-order valence-corrected chi connectivity index (χ0v) is 7.33. The van der Waals surface area contributed by atoms with Crippen LogP contribution in [0.2, 0.25) is 0 Å². The molecule has 1 aromatic rings. The number of hydrogen-bond acceptors (Lipinski definition) is 2. The Labute approximate surface area is 78.9 Å². The molecule has 0 saturated carbocycles. The highest BCUT2D eigenvalue weighted by molar-refractivity contribution is 5.91. The minimum Gasteiger partial charge on any atom is -0.495 e. The maximum absolute atomic E-state index is 12.4. The van der Waals surface area contributed by atoms with E-state index >= 15 is 0 Å². The number of halogens is 2. The van der Waals surface area contributed by atoms with E-state index in [9.17, 15) is 13.6 Å². The van der Waals surface area contributed by atoms with Gasteiger partial charge in [0.2, 0.25) is 0 Å². The van der Waals surface area contributed by atoms with Gasteiger partial charge in [0.1, 0.15) is 11.3 Å². The van der Waals surface area contributed by atoms with E-state index < -0.39 is 18.0 Å². The maximum Gasteiger partial charge on any atom is 0.339 e. The summed E-state index contributed by atoms with van der Waals surface area (Å²) in [7, 11) is 1.16. The predicted octanol–water partition coefficient (Wildman–Crippen LogP) is 2.33. The quantitative estimate of drug-likeness (QED) is 0.818.